The molecule has 2 aromatic carbocycles. The number of rotatable bonds is 6. The molecule has 0 unspecified atom stereocenters. The summed E-state index contributed by atoms with van der Waals surface area (Å²) in [6.45, 7) is -0.428. The van der Waals surface area contributed by atoms with E-state index in [-0.39, 0.29) is 5.69 Å². The lowest BCUT2D eigenvalue weighted by atomic mass is 10.1. The Labute approximate surface area is 163 Å². The second-order valence-corrected chi connectivity index (χ2v) is 6.12. The summed E-state index contributed by atoms with van der Waals surface area (Å²) < 4.78 is 52.7. The number of nitrogens with zero attached hydrogens (tertiary/aromatic N) is 3. The monoisotopic (exact) mass is 407 g/mol. The highest BCUT2D eigenvalue weighted by atomic mass is 19.4. The molecule has 2 amide bonds. The number of benzene rings is 2. The number of alkyl halides is 4. The fourth-order valence-corrected chi connectivity index (χ4v) is 2.61. The number of halogens is 4. The van der Waals surface area contributed by atoms with Crippen molar-refractivity contribution in [2.45, 2.75) is 19.0 Å². The molecule has 3 aromatic rings. The smallest absolute Gasteiger partial charge is 0.308 e. The van der Waals surface area contributed by atoms with Crippen molar-refractivity contribution in [3.05, 3.63) is 66.0 Å². The zero-order valence-electron chi connectivity index (χ0n) is 15.1. The molecule has 0 aliphatic carbocycles. The van der Waals surface area contributed by atoms with Crippen LogP contribution in [-0.4, -0.2) is 27.7 Å². The Kier molecular flexibility index (Phi) is 6.10. The third-order valence-electron chi connectivity index (χ3n) is 3.98. The standard InChI is InChI=1S/C19H17F4N5O/c20-11-3-4-14-12-28(27-26-14)15-9-7-13(8-10-15)24-18(29)25-17-6-2-1-5-16(17)19(21,22)23/h1-2,5-10,12H,3-4,11H2,(H2,24,25,29). The fraction of sp³-hybridized carbons (Fsp3) is 0.211. The highest BCUT2D eigenvalue weighted by molar-refractivity contribution is 6.00. The van der Waals surface area contributed by atoms with E-state index in [1.165, 1.54) is 22.9 Å². The Morgan fingerprint density at radius 1 is 1.03 bits per heavy atom. The number of para-hydroxylation sites is 1. The highest BCUT2D eigenvalue weighted by Crippen LogP contribution is 2.34. The van der Waals surface area contributed by atoms with Crippen molar-refractivity contribution in [2.75, 3.05) is 17.3 Å². The van der Waals surface area contributed by atoms with Crippen LogP contribution < -0.4 is 10.6 Å². The fourth-order valence-electron chi connectivity index (χ4n) is 2.61. The second-order valence-electron chi connectivity index (χ2n) is 6.12. The van der Waals surface area contributed by atoms with Crippen molar-refractivity contribution in [3.8, 4) is 5.69 Å². The maximum Gasteiger partial charge on any atom is 0.418 e. The minimum Gasteiger partial charge on any atom is -0.308 e. The van der Waals surface area contributed by atoms with Gasteiger partial charge in [0.2, 0.25) is 0 Å². The molecule has 0 radical (unpaired) electrons. The maximum atomic E-state index is 13.0. The van der Waals surface area contributed by atoms with Crippen molar-refractivity contribution in [1.29, 1.82) is 0 Å². The van der Waals surface area contributed by atoms with E-state index in [0.717, 1.165) is 6.07 Å². The summed E-state index contributed by atoms with van der Waals surface area (Å²) >= 11 is 0. The number of aromatic nitrogens is 3. The van der Waals surface area contributed by atoms with E-state index in [0.29, 0.717) is 29.9 Å². The number of urea groups is 1. The summed E-state index contributed by atoms with van der Waals surface area (Å²) in [6.07, 6.45) is -2.05. The molecule has 0 aliphatic heterocycles. The summed E-state index contributed by atoms with van der Waals surface area (Å²) in [4.78, 5) is 12.1. The molecule has 0 saturated heterocycles. The molecule has 1 aromatic heterocycles. The first-order chi connectivity index (χ1) is 13.9. The Hall–Kier alpha value is -3.43. The summed E-state index contributed by atoms with van der Waals surface area (Å²) in [5.74, 6) is 0. The van der Waals surface area contributed by atoms with Gasteiger partial charge in [0, 0.05) is 5.69 Å². The molecule has 3 rings (SSSR count). The number of nitrogens with one attached hydrogen (secondary N) is 2. The van der Waals surface area contributed by atoms with Crippen LogP contribution in [0.2, 0.25) is 0 Å². The lowest BCUT2D eigenvalue weighted by molar-refractivity contribution is -0.136. The van der Waals surface area contributed by atoms with E-state index in [4.69, 9.17) is 0 Å². The van der Waals surface area contributed by atoms with Gasteiger partial charge in [-0.3, -0.25) is 4.39 Å². The number of carbonyl (C=O) groups excluding carboxylic acids is 1. The third-order valence-corrected chi connectivity index (χ3v) is 3.98. The van der Waals surface area contributed by atoms with Crippen molar-refractivity contribution in [1.82, 2.24) is 15.0 Å². The van der Waals surface area contributed by atoms with Crippen LogP contribution in [0.5, 0.6) is 0 Å². The molecule has 0 bridgehead atoms. The second kappa shape index (κ2) is 8.72. The molecule has 0 saturated carbocycles. The summed E-state index contributed by atoms with van der Waals surface area (Å²) in [7, 11) is 0. The van der Waals surface area contributed by atoms with E-state index in [1.807, 2.05) is 0 Å². The zero-order chi connectivity index (χ0) is 20.9. The van der Waals surface area contributed by atoms with E-state index in [9.17, 15) is 22.4 Å². The molecule has 6 nitrogen and oxygen atoms in total. The van der Waals surface area contributed by atoms with Gasteiger partial charge in [0.1, 0.15) is 0 Å². The van der Waals surface area contributed by atoms with E-state index >= 15 is 0 Å². The predicted molar refractivity (Wildman–Crippen MR) is 99.7 cm³/mol. The van der Waals surface area contributed by atoms with Crippen molar-refractivity contribution < 1.29 is 22.4 Å². The number of hydrogen-bond acceptors (Lipinski definition) is 3. The van der Waals surface area contributed by atoms with Gasteiger partial charge >= 0.3 is 12.2 Å². The van der Waals surface area contributed by atoms with Crippen LogP contribution in [0.1, 0.15) is 17.7 Å². The number of aryl methyl sites for hydroxylation is 1. The van der Waals surface area contributed by atoms with Crippen molar-refractivity contribution in [2.24, 2.45) is 0 Å². The number of hydrogen-bond donors (Lipinski definition) is 2. The average molecular weight is 407 g/mol. The first-order valence-corrected chi connectivity index (χ1v) is 8.68. The first-order valence-electron chi connectivity index (χ1n) is 8.68. The van der Waals surface area contributed by atoms with Gasteiger partial charge in [-0.05, 0) is 49.2 Å². The van der Waals surface area contributed by atoms with Crippen LogP contribution in [-0.2, 0) is 12.6 Å². The Morgan fingerprint density at radius 3 is 2.45 bits per heavy atom. The molecular weight excluding hydrogens is 390 g/mol. The first kappa shape index (κ1) is 20.3. The third kappa shape index (κ3) is 5.31. The average Bonchev–Trinajstić information content (AvgIpc) is 3.15. The van der Waals surface area contributed by atoms with Gasteiger partial charge in [-0.2, -0.15) is 13.2 Å². The van der Waals surface area contributed by atoms with E-state index in [2.05, 4.69) is 20.9 Å². The molecule has 0 aliphatic rings. The van der Waals surface area contributed by atoms with Crippen LogP contribution >= 0.6 is 0 Å². The lowest BCUT2D eigenvalue weighted by Crippen LogP contribution is -2.21. The number of carbonyl (C=O) groups is 1. The van der Waals surface area contributed by atoms with Crippen LogP contribution in [0.3, 0.4) is 0 Å². The van der Waals surface area contributed by atoms with E-state index in [1.54, 1.807) is 30.5 Å². The predicted octanol–water partition coefficient (Wildman–Crippen LogP) is 4.83. The Balaban J connectivity index is 1.64. The molecule has 152 valence electrons. The Bertz CT molecular complexity index is 969. The molecule has 1 heterocycles. The number of amides is 2. The van der Waals surface area contributed by atoms with Crippen LogP contribution in [0.25, 0.3) is 5.69 Å². The van der Waals surface area contributed by atoms with E-state index < -0.39 is 24.4 Å². The molecule has 29 heavy (non-hydrogen) atoms. The quantitative estimate of drug-likeness (QED) is 0.575. The van der Waals surface area contributed by atoms with Gasteiger partial charge < -0.3 is 10.6 Å². The normalized spacial score (nSPS) is 11.3. The van der Waals surface area contributed by atoms with Gasteiger partial charge in [0.15, 0.2) is 0 Å². The minimum absolute atomic E-state index is 0.336. The maximum absolute atomic E-state index is 13.0. The van der Waals surface area contributed by atoms with Gasteiger partial charge in [0.05, 0.1) is 35.5 Å². The van der Waals surface area contributed by atoms with Crippen molar-refractivity contribution in [3.63, 3.8) is 0 Å². The van der Waals surface area contributed by atoms with Gasteiger partial charge in [-0.25, -0.2) is 9.48 Å². The highest BCUT2D eigenvalue weighted by Gasteiger charge is 2.33. The summed E-state index contributed by atoms with van der Waals surface area (Å²) in [6, 6.07) is 10.4. The van der Waals surface area contributed by atoms with Gasteiger partial charge in [-0.15, -0.1) is 5.10 Å². The number of anilines is 2. The molecule has 0 atom stereocenters. The van der Waals surface area contributed by atoms with Crippen LogP contribution in [0.4, 0.5) is 33.7 Å². The van der Waals surface area contributed by atoms with Gasteiger partial charge in [0.25, 0.3) is 0 Å². The minimum atomic E-state index is -4.58. The lowest BCUT2D eigenvalue weighted by Gasteiger charge is -2.14. The van der Waals surface area contributed by atoms with Crippen LogP contribution in [0.15, 0.2) is 54.7 Å². The summed E-state index contributed by atoms with van der Waals surface area (Å²) in [5.41, 5.74) is 0.441. The van der Waals surface area contributed by atoms with Crippen LogP contribution in [0, 0.1) is 0 Å². The molecule has 0 fully saturated rings. The topological polar surface area (TPSA) is 71.8 Å². The summed E-state index contributed by atoms with van der Waals surface area (Å²) in [5, 5.41) is 12.6. The molecule has 10 heteroatoms. The SMILES string of the molecule is O=C(Nc1ccc(-n2cc(CCCF)nn2)cc1)Nc1ccccc1C(F)(F)F. The molecular formula is C19H17F4N5O. The molecule has 0 spiro atoms. The largest absolute Gasteiger partial charge is 0.418 e. The molecule has 2 N–H and O–H groups in total. The Morgan fingerprint density at radius 2 is 1.76 bits per heavy atom. The van der Waals surface area contributed by atoms with Gasteiger partial charge in [-0.1, -0.05) is 17.3 Å². The van der Waals surface area contributed by atoms with Crippen molar-refractivity contribution >= 4 is 17.4 Å². The zero-order valence-corrected chi connectivity index (χ0v) is 15.1.